The number of carboxylic acid groups (broad SMARTS) is 1. The van der Waals surface area contributed by atoms with Crippen LogP contribution in [-0.4, -0.2) is 21.0 Å². The highest BCUT2D eigenvalue weighted by atomic mass is 35.5. The quantitative estimate of drug-likeness (QED) is 0.663. The largest absolute Gasteiger partial charge is 0.478 e. The fraction of sp³-hybridized carbons (Fsp3) is 0. The van der Waals surface area contributed by atoms with E-state index in [1.165, 1.54) is 30.1 Å². The monoisotopic (exact) mass is 315 g/mol. The summed E-state index contributed by atoms with van der Waals surface area (Å²) in [6, 6.07) is 7.88. The van der Waals surface area contributed by atoms with E-state index in [1.54, 1.807) is 12.1 Å². The van der Waals surface area contributed by atoms with E-state index in [1.807, 2.05) is 0 Å². The minimum Gasteiger partial charge on any atom is -0.478 e. The zero-order chi connectivity index (χ0) is 13.8. The maximum absolute atomic E-state index is 10.8. The Labute approximate surface area is 123 Å². The first kappa shape index (κ1) is 13.9. The minimum atomic E-state index is -0.982. The highest BCUT2D eigenvalue weighted by molar-refractivity contribution is 8.00. The van der Waals surface area contributed by atoms with Gasteiger partial charge in [-0.25, -0.2) is 14.8 Å². The number of aromatic carboxylic acids is 1. The van der Waals surface area contributed by atoms with E-state index in [9.17, 15) is 4.79 Å². The number of rotatable bonds is 4. The van der Waals surface area contributed by atoms with Crippen molar-refractivity contribution in [3.63, 3.8) is 0 Å². The molecule has 0 fully saturated rings. The molecule has 0 radical (unpaired) electrons. The molecule has 2 N–H and O–H groups in total. The van der Waals surface area contributed by atoms with Crippen molar-refractivity contribution in [2.75, 3.05) is 4.72 Å². The summed E-state index contributed by atoms with van der Waals surface area (Å²) in [5, 5.41) is 9.33. The van der Waals surface area contributed by atoms with E-state index < -0.39 is 5.97 Å². The van der Waals surface area contributed by atoms with Crippen LogP contribution in [0.3, 0.4) is 0 Å². The highest BCUT2D eigenvalue weighted by Crippen LogP contribution is 2.22. The van der Waals surface area contributed by atoms with Gasteiger partial charge < -0.3 is 5.11 Å². The van der Waals surface area contributed by atoms with Gasteiger partial charge in [0.25, 0.3) is 0 Å². The molecule has 0 bridgehead atoms. The lowest BCUT2D eigenvalue weighted by Gasteiger charge is -2.05. The lowest BCUT2D eigenvalue weighted by Crippen LogP contribution is -1.97. The van der Waals surface area contributed by atoms with E-state index in [0.29, 0.717) is 4.90 Å². The minimum absolute atomic E-state index is 0.205. The lowest BCUT2D eigenvalue weighted by atomic mass is 10.2. The van der Waals surface area contributed by atoms with Crippen molar-refractivity contribution in [2.24, 2.45) is 0 Å². The van der Waals surface area contributed by atoms with Crippen LogP contribution in [0.25, 0.3) is 0 Å². The summed E-state index contributed by atoms with van der Waals surface area (Å²) in [5.41, 5.74) is 0.205. The van der Waals surface area contributed by atoms with Gasteiger partial charge in [0.1, 0.15) is 10.3 Å². The van der Waals surface area contributed by atoms with Crippen molar-refractivity contribution < 1.29 is 9.90 Å². The first-order valence-corrected chi connectivity index (χ1v) is 6.58. The molecular formula is C11H7Cl2N3O2S. The lowest BCUT2D eigenvalue weighted by molar-refractivity contribution is 0.0696. The van der Waals surface area contributed by atoms with Gasteiger partial charge in [0.05, 0.1) is 5.56 Å². The molecule has 0 saturated carbocycles. The summed E-state index contributed by atoms with van der Waals surface area (Å²) >= 11 is 12.6. The second-order valence-corrected chi connectivity index (χ2v) is 5.03. The third-order valence-electron chi connectivity index (χ3n) is 2.00. The average Bonchev–Trinajstić information content (AvgIpc) is 2.35. The topological polar surface area (TPSA) is 75.1 Å². The molecule has 0 unspecified atom stereocenters. The third kappa shape index (κ3) is 3.99. The maximum atomic E-state index is 10.8. The number of nitrogens with zero attached hydrogens (tertiary/aromatic N) is 2. The number of carbonyl (C=O) groups is 1. The Balaban J connectivity index is 2.10. The molecule has 0 saturated heterocycles. The molecule has 5 nitrogen and oxygen atoms in total. The molecule has 0 spiro atoms. The van der Waals surface area contributed by atoms with Gasteiger partial charge in [0.2, 0.25) is 5.95 Å². The van der Waals surface area contributed by atoms with Crippen LogP contribution >= 0.6 is 35.1 Å². The number of anilines is 1. The van der Waals surface area contributed by atoms with Gasteiger partial charge in [0, 0.05) is 11.0 Å². The van der Waals surface area contributed by atoms with Gasteiger partial charge in [-0.05, 0) is 30.1 Å². The smallest absolute Gasteiger partial charge is 0.335 e. The molecule has 8 heteroatoms. The van der Waals surface area contributed by atoms with Gasteiger partial charge in [0.15, 0.2) is 0 Å². The Bertz CT molecular complexity index is 604. The van der Waals surface area contributed by atoms with Gasteiger partial charge in [-0.3, -0.25) is 4.72 Å². The molecular weight excluding hydrogens is 309 g/mol. The fourth-order valence-corrected chi connectivity index (χ4v) is 2.29. The summed E-state index contributed by atoms with van der Waals surface area (Å²) in [6.45, 7) is 0. The number of halogens is 2. The Hall–Kier alpha value is -1.50. The van der Waals surface area contributed by atoms with Crippen LogP contribution in [0.5, 0.6) is 0 Å². The van der Waals surface area contributed by atoms with Crippen LogP contribution in [0.4, 0.5) is 5.95 Å². The van der Waals surface area contributed by atoms with Crippen LogP contribution in [0.15, 0.2) is 35.2 Å². The van der Waals surface area contributed by atoms with Crippen molar-refractivity contribution >= 4 is 47.1 Å². The van der Waals surface area contributed by atoms with Crippen molar-refractivity contribution in [1.82, 2.24) is 9.97 Å². The van der Waals surface area contributed by atoms with Crippen LogP contribution < -0.4 is 4.72 Å². The highest BCUT2D eigenvalue weighted by Gasteiger charge is 2.05. The van der Waals surface area contributed by atoms with Gasteiger partial charge in [-0.1, -0.05) is 29.3 Å². The van der Waals surface area contributed by atoms with Crippen LogP contribution in [-0.2, 0) is 0 Å². The molecule has 98 valence electrons. The van der Waals surface area contributed by atoms with Crippen molar-refractivity contribution in [3.8, 4) is 0 Å². The van der Waals surface area contributed by atoms with E-state index >= 15 is 0 Å². The zero-order valence-corrected chi connectivity index (χ0v) is 11.6. The number of hydrogen-bond acceptors (Lipinski definition) is 5. The average molecular weight is 316 g/mol. The standard InChI is InChI=1S/C11H7Cl2N3O2S/c12-8-5-9(13)15-11(14-8)16-19-7-3-1-2-6(4-7)10(17)18/h1-5H,(H,17,18)(H,14,15,16). The second-order valence-electron chi connectivity index (χ2n) is 3.37. The SMILES string of the molecule is O=C(O)c1cccc(SNc2nc(Cl)cc(Cl)n2)c1. The zero-order valence-electron chi connectivity index (χ0n) is 9.30. The molecule has 0 atom stereocenters. The summed E-state index contributed by atoms with van der Waals surface area (Å²) in [4.78, 5) is 19.4. The molecule has 19 heavy (non-hydrogen) atoms. The predicted molar refractivity (Wildman–Crippen MR) is 74.9 cm³/mol. The summed E-state index contributed by atoms with van der Waals surface area (Å²) in [6.07, 6.45) is 0. The van der Waals surface area contributed by atoms with Gasteiger partial charge in [-0.2, -0.15) is 0 Å². The first-order valence-electron chi connectivity index (χ1n) is 5.01. The molecule has 2 rings (SSSR count). The molecule has 0 aliphatic carbocycles. The Morgan fingerprint density at radius 2 is 1.89 bits per heavy atom. The molecule has 1 aromatic carbocycles. The normalized spacial score (nSPS) is 10.2. The van der Waals surface area contributed by atoms with E-state index in [-0.39, 0.29) is 21.8 Å². The molecule has 0 aliphatic rings. The molecule has 0 aliphatic heterocycles. The molecule has 1 aromatic heterocycles. The number of nitrogens with one attached hydrogen (secondary N) is 1. The van der Waals surface area contributed by atoms with Crippen LogP contribution in [0.1, 0.15) is 10.4 Å². The van der Waals surface area contributed by atoms with Crippen molar-refractivity contribution in [3.05, 3.63) is 46.2 Å². The van der Waals surface area contributed by atoms with E-state index in [2.05, 4.69) is 14.7 Å². The Morgan fingerprint density at radius 3 is 2.53 bits per heavy atom. The van der Waals surface area contributed by atoms with Crippen molar-refractivity contribution in [2.45, 2.75) is 4.90 Å². The molecule has 1 heterocycles. The van der Waals surface area contributed by atoms with Gasteiger partial charge in [-0.15, -0.1) is 0 Å². The predicted octanol–water partition coefficient (Wildman–Crippen LogP) is 3.60. The maximum Gasteiger partial charge on any atom is 0.335 e. The summed E-state index contributed by atoms with van der Waals surface area (Å²) in [7, 11) is 0. The van der Waals surface area contributed by atoms with Gasteiger partial charge >= 0.3 is 5.97 Å². The number of aromatic nitrogens is 2. The molecule has 2 aromatic rings. The van der Waals surface area contributed by atoms with E-state index in [0.717, 1.165) is 0 Å². The van der Waals surface area contributed by atoms with Crippen molar-refractivity contribution in [1.29, 1.82) is 0 Å². The molecule has 0 amide bonds. The van der Waals surface area contributed by atoms with E-state index in [4.69, 9.17) is 28.3 Å². The number of hydrogen-bond donors (Lipinski definition) is 2. The van der Waals surface area contributed by atoms with Crippen LogP contribution in [0, 0.1) is 0 Å². The summed E-state index contributed by atoms with van der Waals surface area (Å²) < 4.78 is 2.84. The Kier molecular flexibility index (Phi) is 4.47. The first-order chi connectivity index (χ1) is 9.04. The van der Waals surface area contributed by atoms with Crippen LogP contribution in [0.2, 0.25) is 10.3 Å². The Morgan fingerprint density at radius 1 is 1.21 bits per heavy atom. The second kappa shape index (κ2) is 6.10. The summed E-state index contributed by atoms with van der Waals surface area (Å²) in [5.74, 6) is -0.729. The fourth-order valence-electron chi connectivity index (χ4n) is 1.23. The third-order valence-corrected chi connectivity index (χ3v) is 3.17. The number of carboxylic acids is 1. The number of benzene rings is 1.